The molecule has 6 nitrogen and oxygen atoms in total. The molecule has 2 aromatic rings. The summed E-state index contributed by atoms with van der Waals surface area (Å²) in [5, 5.41) is 11.7. The number of carboxylic acids is 1. The summed E-state index contributed by atoms with van der Waals surface area (Å²) in [6, 6.07) is 11.8. The molecule has 0 spiro atoms. The van der Waals surface area contributed by atoms with Gasteiger partial charge in [-0.05, 0) is 48.4 Å². The summed E-state index contributed by atoms with van der Waals surface area (Å²) >= 11 is 5.73. The van der Waals surface area contributed by atoms with E-state index in [1.807, 2.05) is 0 Å². The molecule has 0 aromatic heterocycles. The van der Waals surface area contributed by atoms with Crippen molar-refractivity contribution in [3.05, 3.63) is 70.4 Å². The van der Waals surface area contributed by atoms with E-state index in [1.165, 1.54) is 36.0 Å². The first-order chi connectivity index (χ1) is 14.3. The monoisotopic (exact) mass is 446 g/mol. The molecule has 1 aliphatic heterocycles. The topological polar surface area (TPSA) is 86.7 Å². The van der Waals surface area contributed by atoms with Crippen molar-refractivity contribution in [2.75, 3.05) is 11.9 Å². The maximum atomic E-state index is 13.0. The minimum absolute atomic E-state index is 0.0888. The molecule has 0 radical (unpaired) electrons. The minimum Gasteiger partial charge on any atom is -0.478 e. The lowest BCUT2D eigenvalue weighted by atomic mass is 10.2. The summed E-state index contributed by atoms with van der Waals surface area (Å²) in [6.45, 7) is 0.351. The summed E-state index contributed by atoms with van der Waals surface area (Å²) in [4.78, 5) is 37.8. The number of nitrogens with zero attached hydrogens (tertiary/aromatic N) is 1. The van der Waals surface area contributed by atoms with Crippen LogP contribution >= 0.6 is 24.4 Å². The van der Waals surface area contributed by atoms with Crippen LogP contribution in [0.4, 0.5) is 10.1 Å². The molecule has 3 rings (SSSR count). The van der Waals surface area contributed by atoms with Crippen molar-refractivity contribution in [2.45, 2.75) is 17.5 Å². The number of thioether (sulfide) groups is 1. The van der Waals surface area contributed by atoms with Gasteiger partial charge in [-0.1, -0.05) is 30.0 Å². The van der Waals surface area contributed by atoms with Crippen molar-refractivity contribution in [2.24, 2.45) is 0 Å². The van der Waals surface area contributed by atoms with Gasteiger partial charge in [0.25, 0.3) is 5.91 Å². The molecule has 2 aromatic carbocycles. The van der Waals surface area contributed by atoms with Gasteiger partial charge in [-0.15, -0.1) is 12.6 Å². The zero-order valence-corrected chi connectivity index (χ0v) is 17.5. The van der Waals surface area contributed by atoms with Gasteiger partial charge in [0.2, 0.25) is 5.91 Å². The van der Waals surface area contributed by atoms with Crippen LogP contribution in [0, 0.1) is 5.82 Å². The summed E-state index contributed by atoms with van der Waals surface area (Å²) < 4.78 is 12.7. The van der Waals surface area contributed by atoms with Crippen LogP contribution in [0.3, 0.4) is 0 Å². The molecule has 2 amide bonds. The number of aromatic carboxylic acids is 1. The van der Waals surface area contributed by atoms with Crippen molar-refractivity contribution >= 4 is 53.9 Å². The Hall–Kier alpha value is -2.78. The van der Waals surface area contributed by atoms with E-state index in [2.05, 4.69) is 17.9 Å². The van der Waals surface area contributed by atoms with Gasteiger partial charge < -0.3 is 15.3 Å². The van der Waals surface area contributed by atoms with Gasteiger partial charge in [-0.25, -0.2) is 9.18 Å². The van der Waals surface area contributed by atoms with Crippen LogP contribution in [0.2, 0.25) is 0 Å². The highest BCUT2D eigenvalue weighted by molar-refractivity contribution is 8.14. The van der Waals surface area contributed by atoms with Crippen LogP contribution in [0.1, 0.15) is 28.8 Å². The van der Waals surface area contributed by atoms with E-state index in [-0.39, 0.29) is 34.3 Å². The van der Waals surface area contributed by atoms with Gasteiger partial charge in [0.1, 0.15) is 10.5 Å². The average Bonchev–Trinajstić information content (AvgIpc) is 2.97. The maximum absolute atomic E-state index is 13.0. The number of benzene rings is 2. The second-order valence-electron chi connectivity index (χ2n) is 6.54. The number of rotatable bonds is 7. The van der Waals surface area contributed by atoms with E-state index in [4.69, 9.17) is 5.11 Å². The molecule has 0 aliphatic carbocycles. The minimum atomic E-state index is -1.07. The number of halogens is 1. The van der Waals surface area contributed by atoms with E-state index >= 15 is 0 Å². The standard InChI is InChI=1S/C21H19FN2O4S2/c22-15-8-6-13(7-9-15)11-17-19(26)24(21(29)30-17)10-2-5-18(25)23-16-4-1-3-14(12-16)20(27)28/h1,3-4,6-9,11-12,21,29H,2,5,10H2,(H,23,25)(H,27,28)/b17-11-. The second kappa shape index (κ2) is 9.82. The number of hydrogen-bond acceptors (Lipinski definition) is 5. The molecule has 2 N–H and O–H groups in total. The van der Waals surface area contributed by atoms with Crippen LogP contribution < -0.4 is 5.32 Å². The number of carboxylic acid groups (broad SMARTS) is 1. The third-order valence-electron chi connectivity index (χ3n) is 4.33. The number of carbonyl (C=O) groups excluding carboxylic acids is 2. The summed E-state index contributed by atoms with van der Waals surface area (Å²) in [6.07, 6.45) is 2.29. The molecule has 9 heteroatoms. The zero-order valence-electron chi connectivity index (χ0n) is 15.7. The molecule has 1 heterocycles. The van der Waals surface area contributed by atoms with E-state index in [1.54, 1.807) is 35.2 Å². The molecule has 1 saturated heterocycles. The largest absolute Gasteiger partial charge is 0.478 e. The number of carbonyl (C=O) groups is 3. The fraction of sp³-hybridized carbons (Fsp3) is 0.190. The molecule has 1 fully saturated rings. The lowest BCUT2D eigenvalue weighted by Crippen LogP contribution is -2.31. The quantitative estimate of drug-likeness (QED) is 0.441. The Morgan fingerprint density at radius 3 is 2.67 bits per heavy atom. The van der Waals surface area contributed by atoms with Crippen molar-refractivity contribution in [1.29, 1.82) is 0 Å². The number of nitrogens with one attached hydrogen (secondary N) is 1. The lowest BCUT2D eigenvalue weighted by molar-refractivity contribution is -0.125. The van der Waals surface area contributed by atoms with Crippen molar-refractivity contribution < 1.29 is 23.9 Å². The highest BCUT2D eigenvalue weighted by Crippen LogP contribution is 2.38. The Balaban J connectivity index is 1.52. The smallest absolute Gasteiger partial charge is 0.335 e. The maximum Gasteiger partial charge on any atom is 0.335 e. The molecular weight excluding hydrogens is 427 g/mol. The second-order valence-corrected chi connectivity index (χ2v) is 8.50. The van der Waals surface area contributed by atoms with Crippen LogP contribution in [0.5, 0.6) is 0 Å². The third kappa shape index (κ3) is 5.64. The summed E-state index contributed by atoms with van der Waals surface area (Å²) in [5.74, 6) is -1.86. The predicted octanol–water partition coefficient (Wildman–Crippen LogP) is 4.07. The number of anilines is 1. The Bertz CT molecular complexity index is 995. The van der Waals surface area contributed by atoms with E-state index in [9.17, 15) is 18.8 Å². The van der Waals surface area contributed by atoms with E-state index in [0.717, 1.165) is 5.56 Å². The summed E-state index contributed by atoms with van der Waals surface area (Å²) in [5.41, 5.74) is 1.22. The van der Waals surface area contributed by atoms with Crippen LogP contribution in [-0.4, -0.2) is 39.0 Å². The van der Waals surface area contributed by atoms with E-state index in [0.29, 0.717) is 23.6 Å². The van der Waals surface area contributed by atoms with Gasteiger partial charge >= 0.3 is 5.97 Å². The first-order valence-corrected chi connectivity index (χ1v) is 10.5. The average molecular weight is 447 g/mol. The van der Waals surface area contributed by atoms with Gasteiger partial charge in [0, 0.05) is 18.7 Å². The molecule has 0 bridgehead atoms. The van der Waals surface area contributed by atoms with Crippen molar-refractivity contribution in [3.63, 3.8) is 0 Å². The number of hydrogen-bond donors (Lipinski definition) is 3. The molecule has 1 aliphatic rings. The zero-order chi connectivity index (χ0) is 21.7. The summed E-state index contributed by atoms with van der Waals surface area (Å²) in [7, 11) is 0. The third-order valence-corrected chi connectivity index (χ3v) is 5.94. The van der Waals surface area contributed by atoms with Gasteiger partial charge in [-0.3, -0.25) is 9.59 Å². The molecule has 1 atom stereocenters. The first kappa shape index (κ1) is 21.9. The SMILES string of the molecule is O=C(CCCN1C(=O)/C(=C/c2ccc(F)cc2)SC1S)Nc1cccc(C(=O)O)c1. The molecular formula is C21H19FN2O4S2. The van der Waals surface area contributed by atoms with Crippen LogP contribution in [0.25, 0.3) is 6.08 Å². The highest BCUT2D eigenvalue weighted by atomic mass is 32.2. The molecule has 156 valence electrons. The van der Waals surface area contributed by atoms with Crippen LogP contribution in [-0.2, 0) is 9.59 Å². The van der Waals surface area contributed by atoms with Gasteiger partial charge in [-0.2, -0.15) is 0 Å². The van der Waals surface area contributed by atoms with Crippen LogP contribution in [0.15, 0.2) is 53.4 Å². The fourth-order valence-corrected chi connectivity index (χ4v) is 4.39. The number of thiol groups is 1. The Morgan fingerprint density at radius 2 is 1.97 bits per heavy atom. The molecule has 1 unspecified atom stereocenters. The molecule has 0 saturated carbocycles. The van der Waals surface area contributed by atoms with E-state index < -0.39 is 5.97 Å². The van der Waals surface area contributed by atoms with Crippen molar-refractivity contribution in [1.82, 2.24) is 4.90 Å². The molecule has 30 heavy (non-hydrogen) atoms. The number of amides is 2. The van der Waals surface area contributed by atoms with Crippen molar-refractivity contribution in [3.8, 4) is 0 Å². The Kier molecular flexibility index (Phi) is 7.17. The van der Waals surface area contributed by atoms with Gasteiger partial charge in [0.15, 0.2) is 0 Å². The highest BCUT2D eigenvalue weighted by Gasteiger charge is 2.33. The Labute approximate surface area is 182 Å². The Morgan fingerprint density at radius 1 is 1.23 bits per heavy atom. The van der Waals surface area contributed by atoms with Gasteiger partial charge in [0.05, 0.1) is 10.5 Å². The lowest BCUT2D eigenvalue weighted by Gasteiger charge is -2.18. The first-order valence-electron chi connectivity index (χ1n) is 9.09. The normalized spacial score (nSPS) is 17.4. The predicted molar refractivity (Wildman–Crippen MR) is 118 cm³/mol. The fourth-order valence-electron chi connectivity index (χ4n) is 2.85.